The highest BCUT2D eigenvalue weighted by atomic mass is 32.1. The fourth-order valence-corrected chi connectivity index (χ4v) is 1.90. The van der Waals surface area contributed by atoms with Gasteiger partial charge in [0.05, 0.1) is 11.2 Å². The van der Waals surface area contributed by atoms with Crippen molar-refractivity contribution < 1.29 is 0 Å². The van der Waals surface area contributed by atoms with Crippen LogP contribution in [-0.2, 0) is 0 Å². The third kappa shape index (κ3) is 1.49. The van der Waals surface area contributed by atoms with Gasteiger partial charge in [-0.25, -0.2) is 4.98 Å². The fourth-order valence-electron chi connectivity index (χ4n) is 1.44. The monoisotopic (exact) mass is 212 g/mol. The number of benzene rings is 1. The van der Waals surface area contributed by atoms with Gasteiger partial charge in [-0.3, -0.25) is 0 Å². The van der Waals surface area contributed by atoms with Gasteiger partial charge in [-0.15, -0.1) is 5.10 Å². The standard InChI is InChI=1S/C11H6N3S/c1-2-4-9-8(3-1)5-6-10(13-9)11-7-12-14-15-11/h1-6H. The highest BCUT2D eigenvalue weighted by Gasteiger charge is 2.03. The molecule has 0 bridgehead atoms. The van der Waals surface area contributed by atoms with E-state index in [4.69, 9.17) is 0 Å². The van der Waals surface area contributed by atoms with Gasteiger partial charge in [0.15, 0.2) is 0 Å². The first-order chi connectivity index (χ1) is 7.43. The lowest BCUT2D eigenvalue weighted by molar-refractivity contribution is 1.15. The molecule has 15 heavy (non-hydrogen) atoms. The van der Waals surface area contributed by atoms with Crippen molar-refractivity contribution in [2.45, 2.75) is 0 Å². The van der Waals surface area contributed by atoms with Crippen molar-refractivity contribution in [2.24, 2.45) is 0 Å². The van der Waals surface area contributed by atoms with E-state index in [0.717, 1.165) is 21.5 Å². The molecule has 3 aromatic rings. The lowest BCUT2D eigenvalue weighted by atomic mass is 10.2. The van der Waals surface area contributed by atoms with Crippen LogP contribution in [0.5, 0.6) is 0 Å². The Morgan fingerprint density at radius 2 is 2.00 bits per heavy atom. The van der Waals surface area contributed by atoms with Crippen molar-refractivity contribution in [3.63, 3.8) is 0 Å². The Labute approximate surface area is 90.6 Å². The second-order valence-electron chi connectivity index (χ2n) is 3.10. The van der Waals surface area contributed by atoms with Crippen LogP contribution in [0, 0.1) is 6.20 Å². The molecule has 1 radical (unpaired) electrons. The van der Waals surface area contributed by atoms with Crippen LogP contribution in [0.15, 0.2) is 36.4 Å². The molecule has 0 spiro atoms. The van der Waals surface area contributed by atoms with E-state index in [0.29, 0.717) is 0 Å². The van der Waals surface area contributed by atoms with Crippen LogP contribution in [0.1, 0.15) is 0 Å². The topological polar surface area (TPSA) is 38.7 Å². The van der Waals surface area contributed by atoms with Gasteiger partial charge in [-0.05, 0) is 23.7 Å². The Hall–Kier alpha value is -1.81. The number of pyridine rings is 1. The SMILES string of the molecule is [c]1nnsc1-c1ccc2ccccc2n1. The Balaban J connectivity index is 2.22. The summed E-state index contributed by atoms with van der Waals surface area (Å²) in [6, 6.07) is 12.0. The zero-order valence-corrected chi connectivity index (χ0v) is 8.53. The molecule has 0 aliphatic heterocycles. The molecule has 0 saturated heterocycles. The van der Waals surface area contributed by atoms with Gasteiger partial charge in [0.2, 0.25) is 0 Å². The van der Waals surface area contributed by atoms with Crippen LogP contribution < -0.4 is 0 Å². The van der Waals surface area contributed by atoms with Crippen molar-refractivity contribution >= 4 is 22.4 Å². The molecule has 0 aliphatic carbocycles. The minimum Gasteiger partial charge on any atom is -0.247 e. The van der Waals surface area contributed by atoms with Gasteiger partial charge in [0.25, 0.3) is 0 Å². The predicted octanol–water partition coefficient (Wildman–Crippen LogP) is 2.55. The molecule has 0 N–H and O–H groups in total. The van der Waals surface area contributed by atoms with Gasteiger partial charge in [0.1, 0.15) is 11.1 Å². The Bertz CT molecular complexity index is 590. The maximum Gasteiger partial charge on any atom is 0.137 e. The molecule has 71 valence electrons. The molecule has 0 atom stereocenters. The highest BCUT2D eigenvalue weighted by Crippen LogP contribution is 2.21. The summed E-state index contributed by atoms with van der Waals surface area (Å²) >= 11 is 1.31. The number of hydrogen-bond acceptors (Lipinski definition) is 4. The zero-order chi connectivity index (χ0) is 10.1. The summed E-state index contributed by atoms with van der Waals surface area (Å²) in [6.45, 7) is 0. The maximum atomic E-state index is 4.52. The minimum absolute atomic E-state index is 0.876. The molecule has 3 nitrogen and oxygen atoms in total. The number of aromatic nitrogens is 3. The first-order valence-corrected chi connectivity index (χ1v) is 5.27. The summed E-state index contributed by atoms with van der Waals surface area (Å²) in [4.78, 5) is 5.39. The number of para-hydroxylation sites is 1. The first-order valence-electron chi connectivity index (χ1n) is 4.50. The number of nitrogens with zero attached hydrogens (tertiary/aromatic N) is 3. The molecule has 1 aromatic carbocycles. The Morgan fingerprint density at radius 3 is 2.87 bits per heavy atom. The molecule has 0 unspecified atom stereocenters. The quantitative estimate of drug-likeness (QED) is 0.622. The van der Waals surface area contributed by atoms with Gasteiger partial charge >= 0.3 is 0 Å². The average Bonchev–Trinajstić information content (AvgIpc) is 2.82. The highest BCUT2D eigenvalue weighted by molar-refractivity contribution is 7.09. The van der Waals surface area contributed by atoms with Gasteiger partial charge in [0, 0.05) is 5.39 Å². The van der Waals surface area contributed by atoms with Crippen molar-refractivity contribution in [3.8, 4) is 10.6 Å². The van der Waals surface area contributed by atoms with Crippen LogP contribution in [0.4, 0.5) is 0 Å². The smallest absolute Gasteiger partial charge is 0.137 e. The Kier molecular flexibility index (Phi) is 1.93. The first kappa shape index (κ1) is 8.49. The van der Waals surface area contributed by atoms with E-state index in [1.165, 1.54) is 11.5 Å². The van der Waals surface area contributed by atoms with E-state index in [1.807, 2.05) is 36.4 Å². The van der Waals surface area contributed by atoms with Crippen LogP contribution in [0.2, 0.25) is 0 Å². The summed E-state index contributed by atoms with van der Waals surface area (Å²) < 4.78 is 3.77. The van der Waals surface area contributed by atoms with Crippen LogP contribution >= 0.6 is 11.5 Å². The third-order valence-electron chi connectivity index (χ3n) is 2.16. The van der Waals surface area contributed by atoms with E-state index in [2.05, 4.69) is 20.8 Å². The second-order valence-corrected chi connectivity index (χ2v) is 3.86. The summed E-state index contributed by atoms with van der Waals surface area (Å²) in [5, 5.41) is 4.82. The number of rotatable bonds is 1. The summed E-state index contributed by atoms with van der Waals surface area (Å²) in [5.41, 5.74) is 1.86. The summed E-state index contributed by atoms with van der Waals surface area (Å²) in [6.07, 6.45) is 2.81. The van der Waals surface area contributed by atoms with Crippen LogP contribution in [0.3, 0.4) is 0 Å². The number of fused-ring (bicyclic) bond motifs is 1. The van der Waals surface area contributed by atoms with E-state index >= 15 is 0 Å². The molecule has 0 saturated carbocycles. The molecular weight excluding hydrogens is 206 g/mol. The third-order valence-corrected chi connectivity index (χ3v) is 2.80. The lowest BCUT2D eigenvalue weighted by Crippen LogP contribution is -1.82. The summed E-state index contributed by atoms with van der Waals surface area (Å²) in [5.74, 6) is 0. The molecule has 0 amide bonds. The van der Waals surface area contributed by atoms with Crippen LogP contribution in [0.25, 0.3) is 21.5 Å². The Morgan fingerprint density at radius 1 is 1.07 bits per heavy atom. The van der Waals surface area contributed by atoms with Gasteiger partial charge in [-0.1, -0.05) is 28.8 Å². The number of hydrogen-bond donors (Lipinski definition) is 0. The summed E-state index contributed by atoms with van der Waals surface area (Å²) in [7, 11) is 0. The molecule has 2 heterocycles. The van der Waals surface area contributed by atoms with Crippen LogP contribution in [-0.4, -0.2) is 14.6 Å². The second kappa shape index (κ2) is 3.40. The van der Waals surface area contributed by atoms with Gasteiger partial charge in [-0.2, -0.15) is 0 Å². The molecule has 2 aromatic heterocycles. The normalized spacial score (nSPS) is 10.7. The van der Waals surface area contributed by atoms with E-state index in [-0.39, 0.29) is 0 Å². The average molecular weight is 212 g/mol. The van der Waals surface area contributed by atoms with Crippen molar-refractivity contribution in [1.82, 2.24) is 14.6 Å². The predicted molar refractivity (Wildman–Crippen MR) is 59.5 cm³/mol. The lowest BCUT2D eigenvalue weighted by Gasteiger charge is -1.98. The minimum atomic E-state index is 0.876. The van der Waals surface area contributed by atoms with Crippen molar-refractivity contribution in [2.75, 3.05) is 0 Å². The fraction of sp³-hybridized carbons (Fsp3) is 0. The van der Waals surface area contributed by atoms with Crippen molar-refractivity contribution in [3.05, 3.63) is 42.6 Å². The zero-order valence-electron chi connectivity index (χ0n) is 7.71. The van der Waals surface area contributed by atoms with E-state index < -0.39 is 0 Å². The van der Waals surface area contributed by atoms with E-state index in [1.54, 1.807) is 0 Å². The molecule has 4 heteroatoms. The molecule has 0 aliphatic rings. The molecular formula is C11H6N3S. The maximum absolute atomic E-state index is 4.52. The molecule has 3 rings (SSSR count). The van der Waals surface area contributed by atoms with Gasteiger partial charge < -0.3 is 0 Å². The van der Waals surface area contributed by atoms with E-state index in [9.17, 15) is 0 Å². The van der Waals surface area contributed by atoms with Crippen molar-refractivity contribution in [1.29, 1.82) is 0 Å². The molecule has 0 fully saturated rings. The largest absolute Gasteiger partial charge is 0.247 e.